The molecule has 2 aromatic rings. The molecule has 0 atom stereocenters. The second-order valence-electron chi connectivity index (χ2n) is 6.09. The average molecular weight is 338 g/mol. The lowest BCUT2D eigenvalue weighted by Gasteiger charge is -2.36. The molecule has 1 aromatic carbocycles. The highest BCUT2D eigenvalue weighted by Gasteiger charge is 2.20. The molecule has 1 aliphatic heterocycles. The van der Waals surface area contributed by atoms with Crippen LogP contribution in [-0.4, -0.2) is 60.6 Å². The second-order valence-corrected chi connectivity index (χ2v) is 6.09. The van der Waals surface area contributed by atoms with E-state index in [0.717, 1.165) is 57.5 Å². The van der Waals surface area contributed by atoms with E-state index in [-0.39, 0.29) is 0 Å². The summed E-state index contributed by atoms with van der Waals surface area (Å²) < 4.78 is 0. The summed E-state index contributed by atoms with van der Waals surface area (Å²) in [5.41, 5.74) is 1.38. The lowest BCUT2D eigenvalue weighted by Crippen LogP contribution is -2.53. The molecule has 1 N–H and O–H groups in total. The van der Waals surface area contributed by atoms with Crippen LogP contribution in [0.1, 0.15) is 12.0 Å². The van der Waals surface area contributed by atoms with Crippen molar-refractivity contribution in [1.29, 1.82) is 0 Å². The lowest BCUT2D eigenvalue weighted by molar-refractivity contribution is 0.370. The number of hydrogen-bond acceptors (Lipinski definition) is 4. The van der Waals surface area contributed by atoms with Crippen molar-refractivity contribution in [3.05, 3.63) is 54.4 Å². The van der Waals surface area contributed by atoms with Crippen LogP contribution in [0.25, 0.3) is 0 Å². The fraction of sp³-hybridized carbons (Fsp3) is 0.421. The van der Waals surface area contributed by atoms with Gasteiger partial charge >= 0.3 is 0 Å². The van der Waals surface area contributed by atoms with Gasteiger partial charge in [-0.15, -0.1) is 0 Å². The highest BCUT2D eigenvalue weighted by molar-refractivity contribution is 5.80. The third kappa shape index (κ3) is 4.92. The van der Waals surface area contributed by atoms with Crippen molar-refractivity contribution < 1.29 is 0 Å². The van der Waals surface area contributed by atoms with Crippen molar-refractivity contribution in [2.75, 3.05) is 44.7 Å². The molecule has 0 bridgehead atoms. The Hall–Kier alpha value is -2.63. The molecular weight excluding hydrogens is 312 g/mol. The number of nitrogens with zero attached hydrogens (tertiary/aromatic N) is 5. The lowest BCUT2D eigenvalue weighted by atomic mass is 10.1. The summed E-state index contributed by atoms with van der Waals surface area (Å²) in [6.45, 7) is 4.61. The monoisotopic (exact) mass is 338 g/mol. The van der Waals surface area contributed by atoms with Crippen LogP contribution in [0.5, 0.6) is 0 Å². The van der Waals surface area contributed by atoms with Gasteiger partial charge < -0.3 is 15.1 Å². The first-order valence-corrected chi connectivity index (χ1v) is 8.88. The molecule has 3 rings (SSSR count). The molecule has 1 aliphatic rings. The van der Waals surface area contributed by atoms with E-state index in [2.05, 4.69) is 60.4 Å². The van der Waals surface area contributed by atoms with Crippen LogP contribution in [0.2, 0.25) is 0 Å². The van der Waals surface area contributed by atoms with Crippen molar-refractivity contribution in [2.24, 2.45) is 4.99 Å². The van der Waals surface area contributed by atoms with Gasteiger partial charge in [0.15, 0.2) is 5.96 Å². The minimum absolute atomic E-state index is 0.813. The Morgan fingerprint density at radius 2 is 1.76 bits per heavy atom. The summed E-state index contributed by atoms with van der Waals surface area (Å²) >= 11 is 0. The van der Waals surface area contributed by atoms with Gasteiger partial charge in [-0.3, -0.25) is 4.99 Å². The van der Waals surface area contributed by atoms with Crippen molar-refractivity contribution in [3.63, 3.8) is 0 Å². The zero-order chi connectivity index (χ0) is 17.3. The number of aromatic nitrogens is 2. The maximum absolute atomic E-state index is 4.44. The standard InChI is InChI=1S/C19H26N6/c1-20-18(21-10-5-9-17-7-3-2-4-8-17)24-13-15-25(16-14-24)19-22-11-6-12-23-19/h2-4,6-8,11-12H,5,9-10,13-16H2,1H3,(H,20,21). The minimum Gasteiger partial charge on any atom is -0.356 e. The topological polar surface area (TPSA) is 56.7 Å². The van der Waals surface area contributed by atoms with Crippen molar-refractivity contribution in [1.82, 2.24) is 20.2 Å². The van der Waals surface area contributed by atoms with Crippen LogP contribution < -0.4 is 10.2 Å². The number of piperazine rings is 1. The summed E-state index contributed by atoms with van der Waals surface area (Å²) in [5, 5.41) is 3.49. The SMILES string of the molecule is CN=C(NCCCc1ccccc1)N1CCN(c2ncccn2)CC1. The van der Waals surface area contributed by atoms with E-state index in [1.54, 1.807) is 12.4 Å². The van der Waals surface area contributed by atoms with E-state index < -0.39 is 0 Å². The Balaban J connectivity index is 1.42. The van der Waals surface area contributed by atoms with E-state index in [4.69, 9.17) is 0 Å². The van der Waals surface area contributed by atoms with Crippen LogP contribution in [0.4, 0.5) is 5.95 Å². The Morgan fingerprint density at radius 3 is 2.44 bits per heavy atom. The molecule has 2 heterocycles. The van der Waals surface area contributed by atoms with Crippen molar-refractivity contribution >= 4 is 11.9 Å². The Bertz CT molecular complexity index is 650. The van der Waals surface area contributed by atoms with E-state index in [1.165, 1.54) is 5.56 Å². The Labute approximate surface area is 149 Å². The third-order valence-corrected chi connectivity index (χ3v) is 4.39. The summed E-state index contributed by atoms with van der Waals surface area (Å²) in [6, 6.07) is 12.5. The molecule has 0 unspecified atom stereocenters. The van der Waals surface area contributed by atoms with Gasteiger partial charge in [-0.1, -0.05) is 30.3 Å². The zero-order valence-corrected chi connectivity index (χ0v) is 14.8. The molecule has 1 fully saturated rings. The summed E-state index contributed by atoms with van der Waals surface area (Å²) in [4.78, 5) is 17.6. The molecule has 1 saturated heterocycles. The van der Waals surface area contributed by atoms with Crippen molar-refractivity contribution in [2.45, 2.75) is 12.8 Å². The quantitative estimate of drug-likeness (QED) is 0.512. The number of guanidine groups is 1. The molecule has 1 aromatic heterocycles. The molecule has 0 saturated carbocycles. The first kappa shape index (κ1) is 17.2. The summed E-state index contributed by atoms with van der Waals surface area (Å²) in [6.07, 6.45) is 5.77. The highest BCUT2D eigenvalue weighted by Crippen LogP contribution is 2.09. The molecule has 6 nitrogen and oxygen atoms in total. The van der Waals surface area contributed by atoms with E-state index in [9.17, 15) is 0 Å². The number of hydrogen-bond donors (Lipinski definition) is 1. The molecule has 0 amide bonds. The van der Waals surface area contributed by atoms with Gasteiger partial charge in [0.2, 0.25) is 5.95 Å². The molecule has 0 radical (unpaired) electrons. The third-order valence-electron chi connectivity index (χ3n) is 4.39. The number of rotatable bonds is 5. The maximum atomic E-state index is 4.44. The summed E-state index contributed by atoms with van der Waals surface area (Å²) in [5.74, 6) is 1.80. The maximum Gasteiger partial charge on any atom is 0.225 e. The van der Waals surface area contributed by atoms with Crippen LogP contribution in [0, 0.1) is 0 Å². The number of aryl methyl sites for hydroxylation is 1. The minimum atomic E-state index is 0.813. The predicted molar refractivity (Wildman–Crippen MR) is 102 cm³/mol. The molecule has 132 valence electrons. The number of anilines is 1. The fourth-order valence-corrected chi connectivity index (χ4v) is 3.04. The summed E-state index contributed by atoms with van der Waals surface area (Å²) in [7, 11) is 1.85. The first-order valence-electron chi connectivity index (χ1n) is 8.88. The number of benzene rings is 1. The van der Waals surface area contributed by atoms with Crippen LogP contribution in [0.15, 0.2) is 53.8 Å². The smallest absolute Gasteiger partial charge is 0.225 e. The van der Waals surface area contributed by atoms with E-state index >= 15 is 0 Å². The molecule has 25 heavy (non-hydrogen) atoms. The normalized spacial score (nSPS) is 15.3. The Morgan fingerprint density at radius 1 is 1.04 bits per heavy atom. The highest BCUT2D eigenvalue weighted by atomic mass is 15.4. The van der Waals surface area contributed by atoms with Gasteiger partial charge in [0.25, 0.3) is 0 Å². The zero-order valence-electron chi connectivity index (χ0n) is 14.8. The van der Waals surface area contributed by atoms with Gasteiger partial charge in [-0.25, -0.2) is 9.97 Å². The van der Waals surface area contributed by atoms with Gasteiger partial charge in [0, 0.05) is 52.2 Å². The second kappa shape index (κ2) is 9.01. The van der Waals surface area contributed by atoms with E-state index in [1.807, 2.05) is 13.1 Å². The van der Waals surface area contributed by atoms with Gasteiger partial charge in [-0.05, 0) is 24.5 Å². The number of aliphatic imine (C=N–C) groups is 1. The fourth-order valence-electron chi connectivity index (χ4n) is 3.04. The van der Waals surface area contributed by atoms with Crippen molar-refractivity contribution in [3.8, 4) is 0 Å². The largest absolute Gasteiger partial charge is 0.356 e. The average Bonchev–Trinajstić information content (AvgIpc) is 2.70. The molecule has 0 spiro atoms. The Kier molecular flexibility index (Phi) is 6.20. The molecule has 0 aliphatic carbocycles. The van der Waals surface area contributed by atoms with Gasteiger partial charge in [-0.2, -0.15) is 0 Å². The molecule has 6 heteroatoms. The predicted octanol–water partition coefficient (Wildman–Crippen LogP) is 1.81. The van der Waals surface area contributed by atoms with Crippen LogP contribution in [0.3, 0.4) is 0 Å². The number of nitrogens with one attached hydrogen (secondary N) is 1. The van der Waals surface area contributed by atoms with Gasteiger partial charge in [0.05, 0.1) is 0 Å². The van der Waals surface area contributed by atoms with Crippen LogP contribution >= 0.6 is 0 Å². The molecular formula is C19H26N6. The van der Waals surface area contributed by atoms with E-state index in [0.29, 0.717) is 0 Å². The van der Waals surface area contributed by atoms with Crippen LogP contribution in [-0.2, 0) is 6.42 Å². The first-order chi connectivity index (χ1) is 12.4. The van der Waals surface area contributed by atoms with Gasteiger partial charge in [0.1, 0.15) is 0 Å².